The van der Waals surface area contributed by atoms with Crippen LogP contribution in [0.5, 0.6) is 0 Å². The van der Waals surface area contributed by atoms with Crippen molar-refractivity contribution in [1.82, 2.24) is 0 Å². The maximum absolute atomic E-state index is 13.0. The minimum atomic E-state index is -0.586. The lowest BCUT2D eigenvalue weighted by atomic mass is 9.95. The van der Waals surface area contributed by atoms with E-state index < -0.39 is 17.8 Å². The fourth-order valence-electron chi connectivity index (χ4n) is 2.94. The standard InChI is InChI=1S/C20H17NO4/c1-3-25-20(24)17(14-9-5-4-6-10-14)18-15-11-7-8-12-16(15)21(13(2)22)19(18)23/h4-12H,3H2,1-2H3/b18-17+. The van der Waals surface area contributed by atoms with E-state index in [9.17, 15) is 14.4 Å². The van der Waals surface area contributed by atoms with Gasteiger partial charge < -0.3 is 4.74 Å². The van der Waals surface area contributed by atoms with Crippen molar-refractivity contribution in [1.29, 1.82) is 0 Å². The van der Waals surface area contributed by atoms with Gasteiger partial charge in [-0.15, -0.1) is 0 Å². The molecule has 5 heteroatoms. The average Bonchev–Trinajstić information content (AvgIpc) is 2.89. The molecule has 1 aliphatic rings. The monoisotopic (exact) mass is 335 g/mol. The predicted molar refractivity (Wildman–Crippen MR) is 94.5 cm³/mol. The minimum absolute atomic E-state index is 0.170. The summed E-state index contributed by atoms with van der Waals surface area (Å²) in [4.78, 5) is 38.7. The van der Waals surface area contributed by atoms with Crippen LogP contribution in [0.1, 0.15) is 25.0 Å². The number of rotatable bonds is 3. The van der Waals surface area contributed by atoms with Crippen LogP contribution < -0.4 is 4.90 Å². The summed E-state index contributed by atoms with van der Waals surface area (Å²) in [6.45, 7) is 3.22. The quantitative estimate of drug-likeness (QED) is 0.639. The SMILES string of the molecule is CCOC(=O)/C(=C1/C(=O)N(C(C)=O)c2ccccc21)c1ccccc1. The second-order valence-corrected chi connectivity index (χ2v) is 5.51. The van der Waals surface area contributed by atoms with Crippen LogP contribution in [0, 0.1) is 0 Å². The van der Waals surface area contributed by atoms with Gasteiger partial charge in [0.15, 0.2) is 0 Å². The van der Waals surface area contributed by atoms with Crippen LogP contribution in [-0.4, -0.2) is 24.4 Å². The summed E-state index contributed by atoms with van der Waals surface area (Å²) >= 11 is 0. The van der Waals surface area contributed by atoms with E-state index in [1.807, 2.05) is 6.07 Å². The maximum atomic E-state index is 13.0. The van der Waals surface area contributed by atoms with Gasteiger partial charge in [0.2, 0.25) is 5.91 Å². The molecule has 0 aromatic heterocycles. The molecule has 0 saturated heterocycles. The topological polar surface area (TPSA) is 63.7 Å². The third-order valence-electron chi connectivity index (χ3n) is 3.94. The Morgan fingerprint density at radius 3 is 2.28 bits per heavy atom. The first-order valence-electron chi connectivity index (χ1n) is 7.97. The molecule has 0 radical (unpaired) electrons. The summed E-state index contributed by atoms with van der Waals surface area (Å²) in [5, 5.41) is 0. The van der Waals surface area contributed by atoms with Crippen molar-refractivity contribution < 1.29 is 19.1 Å². The molecule has 5 nitrogen and oxygen atoms in total. The Hall–Kier alpha value is -3.21. The van der Waals surface area contributed by atoms with Gasteiger partial charge in [-0.3, -0.25) is 9.59 Å². The molecule has 2 aromatic rings. The summed E-state index contributed by atoms with van der Waals surface area (Å²) in [6.07, 6.45) is 0. The van der Waals surface area contributed by atoms with E-state index in [0.717, 1.165) is 4.90 Å². The number of para-hydroxylation sites is 1. The molecule has 2 amide bonds. The Morgan fingerprint density at radius 2 is 1.64 bits per heavy atom. The van der Waals surface area contributed by atoms with Gasteiger partial charge in [0.25, 0.3) is 5.91 Å². The summed E-state index contributed by atoms with van der Waals surface area (Å²) < 4.78 is 5.18. The van der Waals surface area contributed by atoms with E-state index in [-0.39, 0.29) is 17.8 Å². The largest absolute Gasteiger partial charge is 0.462 e. The van der Waals surface area contributed by atoms with Crippen molar-refractivity contribution in [2.24, 2.45) is 0 Å². The van der Waals surface area contributed by atoms with Gasteiger partial charge in [0, 0.05) is 12.5 Å². The number of hydrogen-bond acceptors (Lipinski definition) is 4. The molecule has 1 heterocycles. The van der Waals surface area contributed by atoms with Gasteiger partial charge in [-0.2, -0.15) is 0 Å². The van der Waals surface area contributed by atoms with Gasteiger partial charge in [-0.25, -0.2) is 9.69 Å². The molecule has 0 aliphatic carbocycles. The molecule has 0 saturated carbocycles. The van der Waals surface area contributed by atoms with Crippen LogP contribution in [0.25, 0.3) is 11.1 Å². The number of carbonyl (C=O) groups excluding carboxylic acids is 3. The average molecular weight is 335 g/mol. The first kappa shape index (κ1) is 16.6. The second kappa shape index (κ2) is 6.73. The fraction of sp³-hybridized carbons (Fsp3) is 0.150. The van der Waals surface area contributed by atoms with Crippen LogP contribution in [0.2, 0.25) is 0 Å². The van der Waals surface area contributed by atoms with Gasteiger partial charge in [0.05, 0.1) is 23.4 Å². The zero-order valence-electron chi connectivity index (χ0n) is 14.0. The zero-order valence-corrected chi connectivity index (χ0v) is 14.0. The lowest BCUT2D eigenvalue weighted by molar-refractivity contribution is -0.136. The number of imide groups is 1. The molecule has 0 unspecified atom stereocenters. The van der Waals surface area contributed by atoms with Gasteiger partial charge in [0.1, 0.15) is 0 Å². The van der Waals surface area contributed by atoms with Crippen LogP contribution in [0.3, 0.4) is 0 Å². The number of ether oxygens (including phenoxy) is 1. The Bertz CT molecular complexity index is 884. The first-order chi connectivity index (χ1) is 12.1. The molecule has 3 rings (SSSR count). The first-order valence-corrected chi connectivity index (χ1v) is 7.97. The van der Waals surface area contributed by atoms with Crippen molar-refractivity contribution in [3.8, 4) is 0 Å². The van der Waals surface area contributed by atoms with E-state index in [1.165, 1.54) is 6.92 Å². The number of fused-ring (bicyclic) bond motifs is 1. The zero-order chi connectivity index (χ0) is 18.0. The Labute approximate surface area is 145 Å². The number of benzene rings is 2. The van der Waals surface area contributed by atoms with Crippen molar-refractivity contribution in [3.05, 3.63) is 65.7 Å². The molecule has 0 N–H and O–H groups in total. The fourth-order valence-corrected chi connectivity index (χ4v) is 2.94. The number of anilines is 1. The Morgan fingerprint density at radius 1 is 1.00 bits per heavy atom. The molecule has 0 atom stereocenters. The highest BCUT2D eigenvalue weighted by molar-refractivity contribution is 6.48. The number of carbonyl (C=O) groups is 3. The van der Waals surface area contributed by atoms with Crippen LogP contribution >= 0.6 is 0 Å². The van der Waals surface area contributed by atoms with Crippen molar-refractivity contribution >= 4 is 34.6 Å². The Balaban J connectivity index is 2.32. The van der Waals surface area contributed by atoms with E-state index in [4.69, 9.17) is 4.74 Å². The lowest BCUT2D eigenvalue weighted by Gasteiger charge is -2.13. The minimum Gasteiger partial charge on any atom is -0.462 e. The highest BCUT2D eigenvalue weighted by Gasteiger charge is 2.38. The highest BCUT2D eigenvalue weighted by Crippen LogP contribution is 2.41. The number of hydrogen-bond donors (Lipinski definition) is 0. The van der Waals surface area contributed by atoms with Crippen molar-refractivity contribution in [2.45, 2.75) is 13.8 Å². The smallest absolute Gasteiger partial charge is 0.339 e. The Kier molecular flexibility index (Phi) is 4.48. The molecule has 0 spiro atoms. The molecule has 2 aromatic carbocycles. The van der Waals surface area contributed by atoms with E-state index in [2.05, 4.69) is 0 Å². The highest BCUT2D eigenvalue weighted by atomic mass is 16.5. The van der Waals surface area contributed by atoms with E-state index >= 15 is 0 Å². The third kappa shape index (κ3) is 2.85. The van der Waals surface area contributed by atoms with Crippen molar-refractivity contribution in [2.75, 3.05) is 11.5 Å². The van der Waals surface area contributed by atoms with Gasteiger partial charge in [-0.1, -0.05) is 48.5 Å². The second-order valence-electron chi connectivity index (χ2n) is 5.51. The number of amides is 2. The molecule has 1 aliphatic heterocycles. The summed E-state index contributed by atoms with van der Waals surface area (Å²) in [6, 6.07) is 15.8. The number of esters is 1. The molecule has 0 fully saturated rings. The van der Waals surface area contributed by atoms with Gasteiger partial charge >= 0.3 is 5.97 Å². The van der Waals surface area contributed by atoms with Crippen LogP contribution in [0.15, 0.2) is 54.6 Å². The van der Waals surface area contributed by atoms with E-state index in [1.54, 1.807) is 55.5 Å². The third-order valence-corrected chi connectivity index (χ3v) is 3.94. The van der Waals surface area contributed by atoms with Crippen LogP contribution in [-0.2, 0) is 19.1 Å². The van der Waals surface area contributed by atoms with Crippen LogP contribution in [0.4, 0.5) is 5.69 Å². The van der Waals surface area contributed by atoms with Gasteiger partial charge in [-0.05, 0) is 18.6 Å². The summed E-state index contributed by atoms with van der Waals surface area (Å²) in [5.74, 6) is -1.50. The predicted octanol–water partition coefficient (Wildman–Crippen LogP) is 3.05. The normalized spacial score (nSPS) is 15.0. The molecular weight excluding hydrogens is 318 g/mol. The van der Waals surface area contributed by atoms with Crippen molar-refractivity contribution in [3.63, 3.8) is 0 Å². The summed E-state index contributed by atoms with van der Waals surface area (Å²) in [7, 11) is 0. The molecule has 0 bridgehead atoms. The van der Waals surface area contributed by atoms with E-state index in [0.29, 0.717) is 16.8 Å². The number of nitrogens with zero attached hydrogens (tertiary/aromatic N) is 1. The molecule has 126 valence electrons. The maximum Gasteiger partial charge on any atom is 0.339 e. The molecular formula is C20H17NO4. The summed E-state index contributed by atoms with van der Waals surface area (Å²) in [5.41, 5.74) is 1.96. The lowest BCUT2D eigenvalue weighted by Crippen LogP contribution is -2.31. The molecule has 25 heavy (non-hydrogen) atoms.